The summed E-state index contributed by atoms with van der Waals surface area (Å²) in [4.78, 5) is 34.2. The molecular weight excluding hydrogens is 497 g/mol. The summed E-state index contributed by atoms with van der Waals surface area (Å²) in [6, 6.07) is 0. The van der Waals surface area contributed by atoms with Crippen LogP contribution in [-0.4, -0.2) is 49.3 Å². The van der Waals surface area contributed by atoms with Crippen molar-refractivity contribution in [2.45, 2.75) is 136 Å². The molecule has 0 aliphatic rings. The number of rotatable bonds is 27. The Bertz CT molecular complexity index is 605. The summed E-state index contributed by atoms with van der Waals surface area (Å²) in [5.41, 5.74) is 5.28. The van der Waals surface area contributed by atoms with E-state index in [0.717, 1.165) is 38.5 Å². The van der Waals surface area contributed by atoms with Gasteiger partial charge in [-0.05, 0) is 12.8 Å². The predicted molar refractivity (Wildman–Crippen MR) is 146 cm³/mol. The van der Waals surface area contributed by atoms with Crippen LogP contribution in [0.25, 0.3) is 0 Å². The fraction of sp³-hybridized carbons (Fsp3) is 0.926. The van der Waals surface area contributed by atoms with E-state index in [4.69, 9.17) is 24.3 Å². The predicted octanol–water partition coefficient (Wildman–Crippen LogP) is 6.60. The molecule has 0 aliphatic carbocycles. The number of ether oxygens (including phenoxy) is 2. The lowest BCUT2D eigenvalue weighted by Gasteiger charge is -2.19. The molecule has 0 amide bonds. The fourth-order valence-corrected chi connectivity index (χ4v) is 4.57. The highest BCUT2D eigenvalue weighted by Crippen LogP contribution is 2.43. The van der Waals surface area contributed by atoms with Crippen LogP contribution in [0, 0.1) is 0 Å². The molecule has 0 aromatic carbocycles. The van der Waals surface area contributed by atoms with Crippen LogP contribution in [0.3, 0.4) is 0 Å². The van der Waals surface area contributed by atoms with Gasteiger partial charge in [0.2, 0.25) is 0 Å². The summed E-state index contributed by atoms with van der Waals surface area (Å²) >= 11 is 0. The summed E-state index contributed by atoms with van der Waals surface area (Å²) in [5.74, 6) is -0.837. The summed E-state index contributed by atoms with van der Waals surface area (Å²) in [7, 11) is -4.34. The van der Waals surface area contributed by atoms with Gasteiger partial charge in [0.15, 0.2) is 6.10 Å². The number of esters is 2. The van der Waals surface area contributed by atoms with E-state index in [1.165, 1.54) is 57.8 Å². The molecule has 0 spiro atoms. The van der Waals surface area contributed by atoms with E-state index in [2.05, 4.69) is 13.8 Å². The summed E-state index contributed by atoms with van der Waals surface area (Å²) in [6.45, 7) is 3.63. The average Bonchev–Trinajstić information content (AvgIpc) is 2.87. The monoisotopic (exact) mass is 551 g/mol. The third-order valence-electron chi connectivity index (χ3n) is 5.99. The van der Waals surface area contributed by atoms with Crippen LogP contribution in [0.15, 0.2) is 0 Å². The van der Waals surface area contributed by atoms with Crippen LogP contribution < -0.4 is 5.73 Å². The number of carbonyl (C=O) groups excluding carboxylic acids is 2. The Morgan fingerprint density at radius 1 is 0.703 bits per heavy atom. The minimum atomic E-state index is -4.34. The minimum Gasteiger partial charge on any atom is -0.462 e. The lowest BCUT2D eigenvalue weighted by molar-refractivity contribution is -0.161. The molecule has 37 heavy (non-hydrogen) atoms. The summed E-state index contributed by atoms with van der Waals surface area (Å²) < 4.78 is 32.2. The Morgan fingerprint density at radius 2 is 1.16 bits per heavy atom. The van der Waals surface area contributed by atoms with Crippen molar-refractivity contribution < 1.29 is 37.6 Å². The highest BCUT2D eigenvalue weighted by atomic mass is 31.2. The molecule has 0 saturated carbocycles. The van der Waals surface area contributed by atoms with Crippen molar-refractivity contribution in [3.63, 3.8) is 0 Å². The van der Waals surface area contributed by atoms with E-state index in [-0.39, 0.29) is 38.6 Å². The Labute approximate surface area is 225 Å². The molecule has 0 aromatic heterocycles. The number of hydrogen-bond donors (Lipinski definition) is 2. The number of phosphoric ester groups is 1. The molecule has 220 valence electrons. The fourth-order valence-electron chi connectivity index (χ4n) is 3.81. The molecule has 2 atom stereocenters. The zero-order valence-corrected chi connectivity index (χ0v) is 24.4. The van der Waals surface area contributed by atoms with Crippen LogP contribution in [0.5, 0.6) is 0 Å². The van der Waals surface area contributed by atoms with E-state index in [1.54, 1.807) is 0 Å². The van der Waals surface area contributed by atoms with Gasteiger partial charge >= 0.3 is 19.8 Å². The highest BCUT2D eigenvalue weighted by Gasteiger charge is 2.25. The van der Waals surface area contributed by atoms with Crippen LogP contribution >= 0.6 is 7.82 Å². The number of nitrogens with two attached hydrogens (primary N) is 1. The van der Waals surface area contributed by atoms with Crippen molar-refractivity contribution in [3.8, 4) is 0 Å². The molecule has 0 saturated heterocycles. The van der Waals surface area contributed by atoms with Gasteiger partial charge in [-0.15, -0.1) is 0 Å². The van der Waals surface area contributed by atoms with Crippen molar-refractivity contribution >= 4 is 19.8 Å². The SMILES string of the molecule is CCCCCCCCCCC(=O)OC[C@H](COP(=O)(O)OCCN)OC(=O)CCCCCCCCCC. The molecule has 3 N–H and O–H groups in total. The van der Waals surface area contributed by atoms with Gasteiger partial charge in [0.1, 0.15) is 6.61 Å². The van der Waals surface area contributed by atoms with Crippen LogP contribution in [-0.2, 0) is 32.7 Å². The maximum absolute atomic E-state index is 12.3. The van der Waals surface area contributed by atoms with E-state index >= 15 is 0 Å². The summed E-state index contributed by atoms with van der Waals surface area (Å²) in [5, 5.41) is 0. The maximum atomic E-state index is 12.3. The van der Waals surface area contributed by atoms with Crippen LogP contribution in [0.1, 0.15) is 129 Å². The van der Waals surface area contributed by atoms with Gasteiger partial charge in [0.05, 0.1) is 13.2 Å². The molecule has 0 fully saturated rings. The van der Waals surface area contributed by atoms with Gasteiger partial charge in [0.25, 0.3) is 0 Å². The number of phosphoric acid groups is 1. The Hall–Kier alpha value is -0.990. The second-order valence-electron chi connectivity index (χ2n) is 9.63. The molecule has 0 radical (unpaired) electrons. The van der Waals surface area contributed by atoms with Crippen LogP contribution in [0.2, 0.25) is 0 Å². The first-order valence-corrected chi connectivity index (χ1v) is 16.0. The minimum absolute atomic E-state index is 0.0568. The van der Waals surface area contributed by atoms with Crippen molar-refractivity contribution in [2.24, 2.45) is 5.73 Å². The van der Waals surface area contributed by atoms with Gasteiger partial charge in [0, 0.05) is 19.4 Å². The number of carbonyl (C=O) groups is 2. The quantitative estimate of drug-likeness (QED) is 0.0658. The standard InChI is InChI=1S/C27H54NO8P/c1-3-5-7-9-11-13-15-17-19-26(29)33-23-25(24-35-37(31,32)34-22-21-28)36-27(30)20-18-16-14-12-10-8-6-4-2/h25H,3-24,28H2,1-2H3,(H,31,32)/t25-/m1/s1. The van der Waals surface area contributed by atoms with Crippen molar-refractivity contribution in [3.05, 3.63) is 0 Å². The second-order valence-corrected chi connectivity index (χ2v) is 11.1. The van der Waals surface area contributed by atoms with E-state index in [9.17, 15) is 19.0 Å². The normalized spacial score (nSPS) is 13.7. The lowest BCUT2D eigenvalue weighted by Crippen LogP contribution is -2.29. The van der Waals surface area contributed by atoms with E-state index < -0.39 is 26.5 Å². The van der Waals surface area contributed by atoms with Crippen molar-refractivity contribution in [1.29, 1.82) is 0 Å². The maximum Gasteiger partial charge on any atom is 0.472 e. The van der Waals surface area contributed by atoms with Gasteiger partial charge in [-0.25, -0.2) is 4.57 Å². The van der Waals surface area contributed by atoms with Crippen molar-refractivity contribution in [2.75, 3.05) is 26.4 Å². The molecule has 0 aliphatic heterocycles. The Balaban J connectivity index is 4.37. The lowest BCUT2D eigenvalue weighted by atomic mass is 10.1. The van der Waals surface area contributed by atoms with Crippen LogP contribution in [0.4, 0.5) is 0 Å². The highest BCUT2D eigenvalue weighted by molar-refractivity contribution is 7.47. The zero-order valence-electron chi connectivity index (χ0n) is 23.5. The molecule has 1 unspecified atom stereocenters. The third-order valence-corrected chi connectivity index (χ3v) is 6.98. The van der Waals surface area contributed by atoms with E-state index in [1.807, 2.05) is 0 Å². The summed E-state index contributed by atoms with van der Waals surface area (Å²) in [6.07, 6.45) is 17.3. The molecular formula is C27H54NO8P. The van der Waals surface area contributed by atoms with Crippen molar-refractivity contribution in [1.82, 2.24) is 0 Å². The third kappa shape index (κ3) is 25.1. The van der Waals surface area contributed by atoms with Gasteiger partial charge in [-0.2, -0.15) is 0 Å². The molecule has 0 rings (SSSR count). The first-order valence-electron chi connectivity index (χ1n) is 14.5. The van der Waals surface area contributed by atoms with Gasteiger partial charge in [-0.3, -0.25) is 18.6 Å². The first kappa shape index (κ1) is 36.0. The molecule has 0 bridgehead atoms. The average molecular weight is 552 g/mol. The largest absolute Gasteiger partial charge is 0.472 e. The van der Waals surface area contributed by atoms with Gasteiger partial charge in [-0.1, -0.05) is 104 Å². The topological polar surface area (TPSA) is 134 Å². The molecule has 0 aromatic rings. The first-order chi connectivity index (χ1) is 17.8. The second kappa shape index (κ2) is 25.3. The molecule has 0 heterocycles. The number of unbranched alkanes of at least 4 members (excludes halogenated alkanes) is 14. The molecule has 10 heteroatoms. The Kier molecular flexibility index (Phi) is 24.6. The Morgan fingerprint density at radius 3 is 1.65 bits per heavy atom. The van der Waals surface area contributed by atoms with E-state index in [0.29, 0.717) is 6.42 Å². The molecule has 9 nitrogen and oxygen atoms in total. The number of hydrogen-bond acceptors (Lipinski definition) is 8. The smallest absolute Gasteiger partial charge is 0.462 e. The zero-order chi connectivity index (χ0) is 27.6. The van der Waals surface area contributed by atoms with Gasteiger partial charge < -0.3 is 20.1 Å².